The molecule has 0 bridgehead atoms. The largest absolute Gasteiger partial charge is 0.508 e. The van der Waals surface area contributed by atoms with Crippen molar-refractivity contribution in [2.75, 3.05) is 0 Å². The van der Waals surface area contributed by atoms with Crippen LogP contribution >= 0.6 is 11.3 Å². The van der Waals surface area contributed by atoms with Crippen LogP contribution in [0.5, 0.6) is 51.7 Å². The van der Waals surface area contributed by atoms with Gasteiger partial charge in [0.05, 0.1) is 21.3 Å². The van der Waals surface area contributed by atoms with E-state index in [9.17, 15) is 46.0 Å². The Balaban J connectivity index is 1.32. The predicted molar refractivity (Wildman–Crippen MR) is 235 cm³/mol. The minimum absolute atomic E-state index is 0.0565. The molecule has 60 heavy (non-hydrogen) atoms. The number of nitrogens with zero attached hydrogens (tertiary/aromatic N) is 2. The summed E-state index contributed by atoms with van der Waals surface area (Å²) in [5.74, 6) is -9.00. The van der Waals surface area contributed by atoms with Crippen LogP contribution in [0, 0.1) is 0 Å². The zero-order valence-corrected chi connectivity index (χ0v) is 32.0. The van der Waals surface area contributed by atoms with Gasteiger partial charge in [0.15, 0.2) is 40.3 Å². The van der Waals surface area contributed by atoms with Crippen molar-refractivity contribution in [1.29, 1.82) is 0 Å². The van der Waals surface area contributed by atoms with Crippen molar-refractivity contribution in [3.05, 3.63) is 126 Å². The number of rotatable bonds is 7. The molecule has 0 spiro atoms. The highest BCUT2D eigenvalue weighted by Crippen LogP contribution is 2.59. The molecule has 0 fully saturated rings. The molecular weight excluding hydrogens is 780 g/mol. The van der Waals surface area contributed by atoms with E-state index in [2.05, 4.69) is 9.98 Å². The molecule has 12 nitrogen and oxygen atoms in total. The predicted octanol–water partition coefficient (Wildman–Crippen LogP) is 6.35. The summed E-state index contributed by atoms with van der Waals surface area (Å²) in [6, 6.07) is 33.9. The van der Waals surface area contributed by atoms with Crippen molar-refractivity contribution in [2.45, 2.75) is 6.54 Å². The van der Waals surface area contributed by atoms with Crippen LogP contribution in [0.15, 0.2) is 119 Å². The molecule has 0 aliphatic carbocycles. The summed E-state index contributed by atoms with van der Waals surface area (Å²) >= 11 is 0.585. The van der Waals surface area contributed by atoms with Crippen LogP contribution in [0.25, 0.3) is 53.6 Å². The molecule has 0 saturated carbocycles. The first-order valence-corrected chi connectivity index (χ1v) is 18.9. The molecule has 0 aliphatic rings. The first kappa shape index (κ1) is 39.1. The van der Waals surface area contributed by atoms with Crippen molar-refractivity contribution in [3.63, 3.8) is 0 Å². The van der Waals surface area contributed by atoms with Crippen LogP contribution in [0.3, 0.4) is 0 Å². The third kappa shape index (κ3) is 6.46. The normalized spacial score (nSPS) is 12.1. The highest BCUT2D eigenvalue weighted by atomic mass is 32.1. The number of hydrogen-bond donors (Lipinski definition) is 10. The summed E-state index contributed by atoms with van der Waals surface area (Å²) in [7, 11) is 12.3. The number of aromatic hydroxyl groups is 9. The van der Waals surface area contributed by atoms with Gasteiger partial charge >= 0.3 is 0 Å². The number of nitrogens with two attached hydrogens (primary N) is 1. The first-order valence-electron chi connectivity index (χ1n) is 18.1. The van der Waals surface area contributed by atoms with Crippen molar-refractivity contribution in [2.24, 2.45) is 15.7 Å². The summed E-state index contributed by atoms with van der Waals surface area (Å²) < 4.78 is -0.471. The van der Waals surface area contributed by atoms with E-state index in [4.69, 9.17) is 21.4 Å². The number of phenols is 9. The lowest BCUT2D eigenvalue weighted by molar-refractivity contribution is 0.372. The molecule has 15 heteroatoms. The second-order valence-electron chi connectivity index (χ2n) is 13.7. The Morgan fingerprint density at radius 2 is 1.07 bits per heavy atom. The van der Waals surface area contributed by atoms with Crippen LogP contribution < -0.4 is 16.7 Å². The maximum atomic E-state index is 11.8. The summed E-state index contributed by atoms with van der Waals surface area (Å²) in [4.78, 5) is 9.17. The fraction of sp³-hybridized carbons (Fsp3) is 0.0222. The summed E-state index contributed by atoms with van der Waals surface area (Å²) in [6.07, 6.45) is 0. The molecule has 11 N–H and O–H groups in total. The zero-order chi connectivity index (χ0) is 42.6. The lowest BCUT2D eigenvalue weighted by Crippen LogP contribution is -2.18. The Morgan fingerprint density at radius 3 is 1.72 bits per heavy atom. The van der Waals surface area contributed by atoms with Gasteiger partial charge in [0.1, 0.15) is 38.6 Å². The Labute approximate surface area is 347 Å². The van der Waals surface area contributed by atoms with Crippen LogP contribution in [-0.2, 0) is 6.54 Å². The van der Waals surface area contributed by atoms with Gasteiger partial charge in [-0.05, 0) is 44.8 Å². The first-order chi connectivity index (χ1) is 28.8. The number of hydrogen-bond acceptors (Lipinski definition) is 11. The average molecular weight is 811 g/mol. The number of fused-ring (bicyclic) bond motifs is 3. The lowest BCUT2D eigenvalue weighted by Gasteiger charge is -2.19. The molecule has 8 aromatic rings. The number of phenolic OH excluding ortho intramolecular Hbond substituents is 9. The summed E-state index contributed by atoms with van der Waals surface area (Å²) in [5.41, 5.74) is 8.42. The van der Waals surface area contributed by atoms with Crippen LogP contribution in [0.1, 0.15) is 16.7 Å². The van der Waals surface area contributed by atoms with Crippen LogP contribution in [0.2, 0.25) is 0 Å². The molecule has 0 unspecified atom stereocenters. The number of aliphatic imine (C=N–C) groups is 2. The monoisotopic (exact) mass is 811 g/mol. The Hall–Kier alpha value is -7.77. The Morgan fingerprint density at radius 1 is 0.500 bits per heavy atom. The fourth-order valence-corrected chi connectivity index (χ4v) is 8.35. The van der Waals surface area contributed by atoms with Crippen molar-refractivity contribution >= 4 is 69.8 Å². The van der Waals surface area contributed by atoms with Gasteiger partial charge in [-0.3, -0.25) is 4.99 Å². The summed E-state index contributed by atoms with van der Waals surface area (Å²) in [6.45, 7) is -0.0565. The standard InChI is InChI=1S/C45H31B2N3O9S/c46-31-26(27-36(54)40(58)37(55)29-28-33(51)32(47)39(57)41(59)43(28)60-42(27)29)35(53)38(56)30(34(31)52)45(49-19-20-8-7-13-25(18-20)22-11-5-2-6-12-22)50-44(48)24-16-14-23(15-17-24)21-9-3-1-4-10-21/h1-18,51-59H,19H2,(H2,48,49,50). The van der Waals surface area contributed by atoms with Gasteiger partial charge in [-0.1, -0.05) is 103 Å². The lowest BCUT2D eigenvalue weighted by atomic mass is 9.82. The highest BCUT2D eigenvalue weighted by molar-refractivity contribution is 7.27. The smallest absolute Gasteiger partial charge is 0.201 e. The molecule has 7 aromatic carbocycles. The van der Waals surface area contributed by atoms with Gasteiger partial charge in [0.2, 0.25) is 5.75 Å². The van der Waals surface area contributed by atoms with E-state index >= 15 is 0 Å². The van der Waals surface area contributed by atoms with Crippen molar-refractivity contribution in [1.82, 2.24) is 0 Å². The van der Waals surface area contributed by atoms with Crippen LogP contribution in [-0.4, -0.2) is 73.3 Å². The highest BCUT2D eigenvalue weighted by Gasteiger charge is 2.33. The van der Waals surface area contributed by atoms with Gasteiger partial charge in [0.25, 0.3) is 0 Å². The minimum Gasteiger partial charge on any atom is -0.508 e. The van der Waals surface area contributed by atoms with E-state index in [1.54, 1.807) is 12.1 Å². The SMILES string of the molecule is [B]c1c(O)c(C(N=C(N)c2ccc(-c3ccccc3)cc2)=NCc2cccc(-c3ccccc3)c2)c(O)c(O)c1-c1c(O)c(O)c(O)c2c1sc1c(O)c(O)c([B])c(O)c12. The van der Waals surface area contributed by atoms with Gasteiger partial charge in [-0.2, -0.15) is 0 Å². The van der Waals surface area contributed by atoms with Gasteiger partial charge in [-0.25, -0.2) is 4.99 Å². The maximum Gasteiger partial charge on any atom is 0.201 e. The second kappa shape index (κ2) is 15.2. The van der Waals surface area contributed by atoms with E-state index in [0.717, 1.165) is 22.3 Å². The molecule has 292 valence electrons. The Bertz CT molecular complexity index is 3050. The molecule has 0 atom stereocenters. The van der Waals surface area contributed by atoms with E-state index in [1.807, 2.05) is 97.1 Å². The third-order valence-corrected chi connectivity index (χ3v) is 11.4. The molecule has 0 amide bonds. The number of benzene rings is 7. The van der Waals surface area contributed by atoms with E-state index in [-0.39, 0.29) is 38.4 Å². The third-order valence-electron chi connectivity index (χ3n) is 10.1. The van der Waals surface area contributed by atoms with Crippen molar-refractivity contribution < 1.29 is 46.0 Å². The van der Waals surface area contributed by atoms with E-state index in [0.29, 0.717) is 22.5 Å². The average Bonchev–Trinajstić information content (AvgIpc) is 3.68. The Kier molecular flexibility index (Phi) is 9.90. The molecule has 1 aromatic heterocycles. The molecule has 1 heterocycles. The minimum atomic E-state index is -1.15. The number of thiophene rings is 1. The topological polar surface area (TPSA) is 233 Å². The van der Waals surface area contributed by atoms with Gasteiger partial charge in [0, 0.05) is 22.1 Å². The molecular formula is C45H31B2N3O9S. The summed E-state index contributed by atoms with van der Waals surface area (Å²) in [5, 5.41) is 99.8. The van der Waals surface area contributed by atoms with Gasteiger partial charge in [-0.15, -0.1) is 11.3 Å². The fourth-order valence-electron chi connectivity index (χ4n) is 7.05. The molecule has 0 aliphatic heterocycles. The van der Waals surface area contributed by atoms with Crippen molar-refractivity contribution in [3.8, 4) is 85.1 Å². The zero-order valence-electron chi connectivity index (χ0n) is 31.2. The molecule has 0 saturated heterocycles. The molecule has 8 rings (SSSR count). The number of amidine groups is 2. The maximum absolute atomic E-state index is 11.8. The van der Waals surface area contributed by atoms with E-state index < -0.39 is 79.4 Å². The van der Waals surface area contributed by atoms with Crippen LogP contribution in [0.4, 0.5) is 0 Å². The molecule has 4 radical (unpaired) electrons. The second-order valence-corrected chi connectivity index (χ2v) is 14.8. The van der Waals surface area contributed by atoms with E-state index in [1.165, 1.54) is 0 Å². The van der Waals surface area contributed by atoms with Gasteiger partial charge < -0.3 is 51.7 Å². The quantitative estimate of drug-likeness (QED) is 0.0282.